The first kappa shape index (κ1) is 64.3. The average Bonchev–Trinajstić information content (AvgIpc) is 1.38. The van der Waals surface area contributed by atoms with E-state index in [9.17, 15) is 53.1 Å². The van der Waals surface area contributed by atoms with Crippen molar-refractivity contribution in [2.75, 3.05) is 25.0 Å². The molecule has 2 heterocycles. The minimum Gasteiger partial charge on any atom is -0.454 e. The van der Waals surface area contributed by atoms with Gasteiger partial charge in [-0.3, -0.25) is 38.5 Å². The number of fused-ring (bicyclic) bond motifs is 7. The lowest BCUT2D eigenvalue weighted by Crippen LogP contribution is -2.71. The van der Waals surface area contributed by atoms with Gasteiger partial charge in [0, 0.05) is 60.6 Å². The zero-order chi connectivity index (χ0) is 62.3. The Morgan fingerprint density at radius 1 is 0.849 bits per heavy atom. The van der Waals surface area contributed by atoms with Gasteiger partial charge in [0.25, 0.3) is 11.8 Å². The van der Waals surface area contributed by atoms with Crippen LogP contribution in [-0.2, 0) is 65.7 Å². The maximum absolute atomic E-state index is 17.9. The number of primary amides is 1. The number of Topliss-reactive ketones (excluding diaryl/α,β-unsaturated/α-hetero) is 1. The summed E-state index contributed by atoms with van der Waals surface area (Å²) in [7, 11) is 0. The lowest BCUT2D eigenvalue weighted by Gasteiger charge is -2.63. The summed E-state index contributed by atoms with van der Waals surface area (Å²) in [5.74, 6) is -6.39. The zero-order valence-electron chi connectivity index (χ0n) is 49.0. The first-order chi connectivity index (χ1) is 40.8. The van der Waals surface area contributed by atoms with E-state index < -0.39 is 119 Å². The van der Waals surface area contributed by atoms with Crippen LogP contribution in [0.4, 0.5) is 24.1 Å². The van der Waals surface area contributed by atoms with Gasteiger partial charge in [-0.05, 0) is 123 Å². The van der Waals surface area contributed by atoms with Crippen molar-refractivity contribution in [3.8, 4) is 0 Å². The van der Waals surface area contributed by atoms with Gasteiger partial charge in [-0.1, -0.05) is 70.9 Å². The van der Waals surface area contributed by atoms with E-state index >= 15 is 8.78 Å². The number of halogens is 2. The molecule has 8 amide bonds. The molecule has 2 aromatic carbocycles. The van der Waals surface area contributed by atoms with E-state index in [4.69, 9.17) is 24.7 Å². The second-order valence-electron chi connectivity index (χ2n) is 23.9. The molecule has 464 valence electrons. The number of nitrogens with two attached hydrogens (primary N) is 1. The van der Waals surface area contributed by atoms with Crippen molar-refractivity contribution in [3.05, 3.63) is 101 Å². The van der Waals surface area contributed by atoms with E-state index in [1.165, 1.54) is 43.4 Å². The van der Waals surface area contributed by atoms with Crippen molar-refractivity contribution in [1.29, 1.82) is 0 Å². The number of nitrogens with one attached hydrogen (secondary N) is 5. The third-order valence-corrected chi connectivity index (χ3v) is 18.0. The second-order valence-corrected chi connectivity index (χ2v) is 23.9. The molecule has 2 aliphatic heterocycles. The second kappa shape index (κ2) is 26.9. The highest BCUT2D eigenvalue weighted by molar-refractivity contribution is 6.12. The van der Waals surface area contributed by atoms with Gasteiger partial charge in [-0.15, -0.1) is 0 Å². The number of urea groups is 1. The highest BCUT2D eigenvalue weighted by Gasteiger charge is 2.80. The van der Waals surface area contributed by atoms with Crippen molar-refractivity contribution in [3.63, 3.8) is 0 Å². The Hall–Kier alpha value is -7.70. The molecule has 0 aromatic heterocycles. The number of anilines is 1. The number of ether oxygens (including phenoxy) is 4. The molecule has 8 rings (SSSR count). The van der Waals surface area contributed by atoms with Crippen LogP contribution >= 0.6 is 0 Å². The minimum absolute atomic E-state index is 0.00651. The molecule has 1 unspecified atom stereocenters. The normalized spacial score (nSPS) is 28.5. The van der Waals surface area contributed by atoms with Gasteiger partial charge in [0.15, 0.2) is 29.9 Å². The number of carbonyl (C=O) groups excluding carboxylic acids is 10. The summed E-state index contributed by atoms with van der Waals surface area (Å²) < 4.78 is 57.9. The van der Waals surface area contributed by atoms with Gasteiger partial charge in [-0.2, -0.15) is 0 Å². The number of carbonyl (C=O) groups is 10. The molecule has 12 atom stereocenters. The fourth-order valence-electron chi connectivity index (χ4n) is 13.5. The molecule has 2 aromatic rings. The Kier molecular flexibility index (Phi) is 20.1. The number of rotatable bonds is 26. The van der Waals surface area contributed by atoms with E-state index in [1.54, 1.807) is 57.2 Å². The summed E-state index contributed by atoms with van der Waals surface area (Å²) in [5.41, 5.74) is -0.254. The number of benzene rings is 2. The molecule has 6 aliphatic rings. The fourth-order valence-corrected chi connectivity index (χ4v) is 13.5. The van der Waals surface area contributed by atoms with Crippen LogP contribution in [0, 0.1) is 28.6 Å². The van der Waals surface area contributed by atoms with Crippen LogP contribution in [0.5, 0.6) is 0 Å². The lowest BCUT2D eigenvalue weighted by molar-refractivity contribution is -0.234. The number of imide groups is 1. The van der Waals surface area contributed by atoms with Gasteiger partial charge in [0.1, 0.15) is 24.9 Å². The summed E-state index contributed by atoms with van der Waals surface area (Å²) >= 11 is 0. The molecule has 1 saturated heterocycles. The fraction of sp³-hybridized carbons (Fsp3) is 0.548. The number of alkyl carbamates (subject to hydrolysis) is 1. The van der Waals surface area contributed by atoms with Crippen molar-refractivity contribution in [2.45, 2.75) is 166 Å². The molecule has 3 saturated carbocycles. The number of amides is 8. The molecular formula is C62H77F2N7O15. The van der Waals surface area contributed by atoms with Crippen molar-refractivity contribution < 1.29 is 80.8 Å². The monoisotopic (exact) mass is 1200 g/mol. The molecule has 0 spiro atoms. The van der Waals surface area contributed by atoms with Crippen LogP contribution < -0.4 is 32.3 Å². The molecule has 0 bridgehead atoms. The number of esters is 1. The maximum atomic E-state index is 17.9. The zero-order valence-corrected chi connectivity index (χ0v) is 49.0. The van der Waals surface area contributed by atoms with E-state index in [0.717, 1.165) is 11.0 Å². The summed E-state index contributed by atoms with van der Waals surface area (Å²) in [5, 5.41) is 25.2. The van der Waals surface area contributed by atoms with Crippen LogP contribution in [0.1, 0.15) is 127 Å². The van der Waals surface area contributed by atoms with Crippen LogP contribution in [0.25, 0.3) is 0 Å². The molecule has 4 aliphatic carbocycles. The van der Waals surface area contributed by atoms with Crippen molar-refractivity contribution in [2.24, 2.45) is 34.3 Å². The quantitative estimate of drug-likeness (QED) is 0.0345. The molecule has 86 heavy (non-hydrogen) atoms. The van der Waals surface area contributed by atoms with E-state index in [-0.39, 0.29) is 99.5 Å². The third kappa shape index (κ3) is 13.3. The van der Waals surface area contributed by atoms with E-state index in [2.05, 4.69) is 26.6 Å². The highest BCUT2D eigenvalue weighted by atomic mass is 19.1. The van der Waals surface area contributed by atoms with E-state index in [0.29, 0.717) is 48.9 Å². The number of alkyl halides is 2. The smallest absolute Gasteiger partial charge is 0.407 e. The third-order valence-electron chi connectivity index (χ3n) is 18.0. The SMILES string of the molecule is CCCC1O[C@@H]2C[C@H]3[C@@H]4C[C@H](F)C5=CC(=O)C=C[C@]5(C)[C@@]4(F)[C@@H](O)C[C@]3(C)[C@]2(C(=O)COC(=O)c2ccc(CNC(=O)OCc3ccc(NC(=O)[C@H](CCCNC(N)=O)NC(=O)[C@@H](NC(=O)CCCCCN4C(=O)C=CC4=O)C(C)C)cc3)cc2)O1. The van der Waals surface area contributed by atoms with Crippen LogP contribution in [-0.4, -0.2) is 137 Å². The van der Waals surface area contributed by atoms with Gasteiger partial charge in [0.05, 0.1) is 17.8 Å². The summed E-state index contributed by atoms with van der Waals surface area (Å²) in [6, 6.07) is 9.61. The number of hydrogen-bond donors (Lipinski definition) is 7. The lowest BCUT2D eigenvalue weighted by atomic mass is 9.44. The van der Waals surface area contributed by atoms with Gasteiger partial charge in [0.2, 0.25) is 23.5 Å². The number of aliphatic hydroxyl groups is 1. The number of ketones is 2. The largest absolute Gasteiger partial charge is 0.454 e. The van der Waals surface area contributed by atoms with Gasteiger partial charge >= 0.3 is 18.1 Å². The Balaban J connectivity index is 0.797. The number of aliphatic hydroxyl groups excluding tert-OH is 1. The molecule has 22 nitrogen and oxygen atoms in total. The number of unbranched alkanes of at least 4 members (excludes halogenated alkanes) is 2. The van der Waals surface area contributed by atoms with Gasteiger partial charge < -0.3 is 56.4 Å². The van der Waals surface area contributed by atoms with Crippen molar-refractivity contribution >= 4 is 64.9 Å². The predicted octanol–water partition coefficient (Wildman–Crippen LogP) is 5.55. The minimum atomic E-state index is -2.38. The van der Waals surface area contributed by atoms with Gasteiger partial charge in [-0.25, -0.2) is 23.2 Å². The molecule has 24 heteroatoms. The first-order valence-electron chi connectivity index (χ1n) is 29.4. The number of hydrogen-bond acceptors (Lipinski definition) is 15. The van der Waals surface area contributed by atoms with E-state index in [1.807, 2.05) is 6.92 Å². The summed E-state index contributed by atoms with van der Waals surface area (Å²) in [6.45, 7) is 8.12. The Bertz CT molecular complexity index is 3030. The highest BCUT2D eigenvalue weighted by Crippen LogP contribution is 2.72. The molecule has 4 fully saturated rings. The predicted molar refractivity (Wildman–Crippen MR) is 305 cm³/mol. The summed E-state index contributed by atoms with van der Waals surface area (Å²) in [6.07, 6.45) is 2.86. The maximum Gasteiger partial charge on any atom is 0.407 e. The van der Waals surface area contributed by atoms with Crippen LogP contribution in [0.3, 0.4) is 0 Å². The van der Waals surface area contributed by atoms with Crippen LogP contribution in [0.15, 0.2) is 84.5 Å². The number of nitrogens with zero attached hydrogens (tertiary/aromatic N) is 1. The standard InChI is InChI=1S/C62H77F2N7O15/c1-6-11-52-85-48-30-41-42-29-44(63)43-28-40(72)24-25-59(43,4)61(42,64)46(73)31-60(41,5)62(48,86-52)47(74)34-83-56(80)38-18-14-36(15-19-38)32-67-58(82)84-33-37-16-20-39(21-17-37)68-54(78)45(12-10-26-66-57(65)81)69-55(79)53(35(2)3)70-49(75)13-8-7-9-27-71-50(76)22-23-51(71)77/h14-25,28,35,41-42,44-46,48,52-53,73H,6-13,26-27,29-34H2,1-5H3,(H,67,82)(H,68,78)(H,69,79)(H,70,75)(H3,65,66,81)/t41-,42-,44-,45-,46-,48+,52?,53-,59-,60-,61-,62+/m0/s1. The molecule has 8 N–H and O–H groups in total. The van der Waals surface area contributed by atoms with Crippen LogP contribution in [0.2, 0.25) is 0 Å². The Morgan fingerprint density at radius 3 is 2.22 bits per heavy atom. The first-order valence-corrected chi connectivity index (χ1v) is 29.4. The summed E-state index contributed by atoms with van der Waals surface area (Å²) in [4.78, 5) is 129. The molecular weight excluding hydrogens is 1120 g/mol. The Labute approximate surface area is 497 Å². The average molecular weight is 1200 g/mol. The van der Waals surface area contributed by atoms with Crippen molar-refractivity contribution in [1.82, 2.24) is 26.2 Å². The number of allylic oxidation sites excluding steroid dienone is 4. The molecule has 0 radical (unpaired) electrons. The topological polar surface area (TPSA) is 317 Å². The Morgan fingerprint density at radius 2 is 1.55 bits per heavy atom.